The minimum Gasteiger partial charge on any atom is -0.397 e. The van der Waals surface area contributed by atoms with E-state index in [0.29, 0.717) is 0 Å². The largest absolute Gasteiger partial charge is 0.397 e. The summed E-state index contributed by atoms with van der Waals surface area (Å²) in [5.41, 5.74) is 5.54. The molecule has 0 bridgehead atoms. The van der Waals surface area contributed by atoms with Crippen LogP contribution in [-0.2, 0) is 0 Å². The molecule has 2 unspecified atom stereocenters. The zero-order valence-electron chi connectivity index (χ0n) is 11.6. The van der Waals surface area contributed by atoms with E-state index in [4.69, 9.17) is 17.3 Å². The van der Waals surface area contributed by atoms with Crippen molar-refractivity contribution in [1.29, 1.82) is 0 Å². The first-order valence-corrected chi connectivity index (χ1v) is 6.70. The average Bonchev–Trinajstić information content (AvgIpc) is 2.39. The zero-order valence-corrected chi connectivity index (χ0v) is 12.4. The molecule has 0 spiro atoms. The van der Waals surface area contributed by atoms with Crippen LogP contribution in [0.5, 0.6) is 0 Å². The SMILES string of the molecule is CCC(C)C(C)NC(=O)c1cc([N+](=O)[O-])cc(Cl)c1N. The second kappa shape index (κ2) is 6.56. The third kappa shape index (κ3) is 3.60. The molecule has 1 aromatic carbocycles. The molecular weight excluding hydrogens is 282 g/mol. The van der Waals surface area contributed by atoms with Gasteiger partial charge in [-0.3, -0.25) is 14.9 Å². The van der Waals surface area contributed by atoms with E-state index in [1.54, 1.807) is 0 Å². The second-order valence-electron chi connectivity index (χ2n) is 4.79. The van der Waals surface area contributed by atoms with E-state index in [1.807, 2.05) is 20.8 Å². The Morgan fingerprint density at radius 1 is 1.50 bits per heavy atom. The van der Waals surface area contributed by atoms with Crippen molar-refractivity contribution < 1.29 is 9.72 Å². The van der Waals surface area contributed by atoms with Crippen LogP contribution in [0.2, 0.25) is 5.02 Å². The lowest BCUT2D eigenvalue weighted by atomic mass is 10.0. The van der Waals surface area contributed by atoms with Gasteiger partial charge < -0.3 is 11.1 Å². The molecule has 0 saturated heterocycles. The molecule has 20 heavy (non-hydrogen) atoms. The van der Waals surface area contributed by atoms with Crippen LogP contribution in [0.4, 0.5) is 11.4 Å². The molecule has 0 radical (unpaired) electrons. The number of benzene rings is 1. The van der Waals surface area contributed by atoms with Crippen LogP contribution in [0.25, 0.3) is 0 Å². The van der Waals surface area contributed by atoms with Gasteiger partial charge in [-0.1, -0.05) is 31.9 Å². The van der Waals surface area contributed by atoms with Gasteiger partial charge in [-0.2, -0.15) is 0 Å². The van der Waals surface area contributed by atoms with Gasteiger partial charge in [0.05, 0.1) is 21.2 Å². The van der Waals surface area contributed by atoms with Gasteiger partial charge in [0.2, 0.25) is 0 Å². The second-order valence-corrected chi connectivity index (χ2v) is 5.20. The molecule has 3 N–H and O–H groups in total. The van der Waals surface area contributed by atoms with Gasteiger partial charge in [0.25, 0.3) is 11.6 Å². The van der Waals surface area contributed by atoms with Crippen LogP contribution in [0, 0.1) is 16.0 Å². The smallest absolute Gasteiger partial charge is 0.271 e. The van der Waals surface area contributed by atoms with Gasteiger partial charge in [0.1, 0.15) is 0 Å². The van der Waals surface area contributed by atoms with Crippen LogP contribution in [-0.4, -0.2) is 16.9 Å². The van der Waals surface area contributed by atoms with E-state index in [9.17, 15) is 14.9 Å². The van der Waals surface area contributed by atoms with Gasteiger partial charge in [0, 0.05) is 18.2 Å². The molecule has 7 heteroatoms. The van der Waals surface area contributed by atoms with Gasteiger partial charge in [-0.15, -0.1) is 0 Å². The summed E-state index contributed by atoms with van der Waals surface area (Å²) in [6.45, 7) is 5.90. The molecule has 0 fully saturated rings. The number of rotatable bonds is 5. The van der Waals surface area contributed by atoms with E-state index in [1.165, 1.54) is 0 Å². The summed E-state index contributed by atoms with van der Waals surface area (Å²) in [6.07, 6.45) is 0.909. The first-order valence-electron chi connectivity index (χ1n) is 6.32. The number of amides is 1. The number of halogens is 1. The molecule has 0 aliphatic rings. The highest BCUT2D eigenvalue weighted by atomic mass is 35.5. The monoisotopic (exact) mass is 299 g/mol. The number of nitrogens with one attached hydrogen (secondary N) is 1. The quantitative estimate of drug-likeness (QED) is 0.496. The molecule has 1 aromatic rings. The summed E-state index contributed by atoms with van der Waals surface area (Å²) < 4.78 is 0. The predicted molar refractivity (Wildman–Crippen MR) is 78.9 cm³/mol. The normalized spacial score (nSPS) is 13.6. The van der Waals surface area contributed by atoms with Gasteiger partial charge in [0.15, 0.2) is 0 Å². The average molecular weight is 300 g/mol. The number of carbonyl (C=O) groups excluding carboxylic acids is 1. The highest BCUT2D eigenvalue weighted by Crippen LogP contribution is 2.29. The number of nitro benzene ring substituents is 1. The number of nitrogen functional groups attached to an aromatic ring is 1. The van der Waals surface area contributed by atoms with Gasteiger partial charge in [-0.25, -0.2) is 0 Å². The summed E-state index contributed by atoms with van der Waals surface area (Å²) in [7, 11) is 0. The van der Waals surface area contributed by atoms with Crippen molar-refractivity contribution in [2.24, 2.45) is 5.92 Å². The highest BCUT2D eigenvalue weighted by molar-refractivity contribution is 6.34. The van der Waals surface area contributed by atoms with E-state index >= 15 is 0 Å². The molecule has 0 aliphatic heterocycles. The van der Waals surface area contributed by atoms with Gasteiger partial charge >= 0.3 is 0 Å². The lowest BCUT2D eigenvalue weighted by Gasteiger charge is -2.20. The van der Waals surface area contributed by atoms with Crippen molar-refractivity contribution in [2.45, 2.75) is 33.2 Å². The lowest BCUT2D eigenvalue weighted by molar-refractivity contribution is -0.384. The fourth-order valence-electron chi connectivity index (χ4n) is 1.68. The summed E-state index contributed by atoms with van der Waals surface area (Å²) in [5, 5.41) is 13.6. The Morgan fingerprint density at radius 2 is 2.10 bits per heavy atom. The zero-order chi connectivity index (χ0) is 15.4. The van der Waals surface area contributed by atoms with Crippen LogP contribution < -0.4 is 11.1 Å². The maximum Gasteiger partial charge on any atom is 0.271 e. The fourth-order valence-corrected chi connectivity index (χ4v) is 1.89. The van der Waals surface area contributed by atoms with E-state index in [2.05, 4.69) is 5.32 Å². The van der Waals surface area contributed by atoms with Crippen molar-refractivity contribution in [3.8, 4) is 0 Å². The standard InChI is InChI=1S/C13H18ClN3O3/c1-4-7(2)8(3)16-13(18)10-5-9(17(19)20)6-11(14)12(10)15/h5-8H,4,15H2,1-3H3,(H,16,18). The molecule has 1 rings (SSSR count). The van der Waals surface area contributed by atoms with Crippen molar-refractivity contribution in [2.75, 3.05) is 5.73 Å². The van der Waals surface area contributed by atoms with Crippen molar-refractivity contribution in [3.05, 3.63) is 32.8 Å². The third-order valence-electron chi connectivity index (χ3n) is 3.43. The topological polar surface area (TPSA) is 98.3 Å². The molecule has 0 saturated carbocycles. The first kappa shape index (κ1) is 16.2. The molecule has 6 nitrogen and oxygen atoms in total. The van der Waals surface area contributed by atoms with Crippen LogP contribution >= 0.6 is 11.6 Å². The number of non-ortho nitro benzene ring substituents is 1. The van der Waals surface area contributed by atoms with Crippen molar-refractivity contribution in [3.63, 3.8) is 0 Å². The molecular formula is C13H18ClN3O3. The summed E-state index contributed by atoms with van der Waals surface area (Å²) >= 11 is 5.82. The maximum atomic E-state index is 12.2. The molecule has 0 aliphatic carbocycles. The number of hydrogen-bond acceptors (Lipinski definition) is 4. The molecule has 2 atom stereocenters. The van der Waals surface area contributed by atoms with E-state index < -0.39 is 10.8 Å². The highest BCUT2D eigenvalue weighted by Gasteiger charge is 2.21. The molecule has 0 aromatic heterocycles. The molecule has 110 valence electrons. The Bertz CT molecular complexity index is 534. The lowest BCUT2D eigenvalue weighted by Crippen LogP contribution is -2.37. The Hall–Kier alpha value is -1.82. The van der Waals surface area contributed by atoms with Gasteiger partial charge in [-0.05, 0) is 12.8 Å². The minimum absolute atomic E-state index is 0.000503. The number of carbonyl (C=O) groups is 1. The van der Waals surface area contributed by atoms with Crippen LogP contribution in [0.1, 0.15) is 37.6 Å². The first-order chi connectivity index (χ1) is 9.27. The number of hydrogen-bond donors (Lipinski definition) is 2. The predicted octanol–water partition coefficient (Wildman–Crippen LogP) is 2.99. The Morgan fingerprint density at radius 3 is 2.60 bits per heavy atom. The minimum atomic E-state index is -0.611. The molecule has 1 amide bonds. The number of nitrogens with zero attached hydrogens (tertiary/aromatic N) is 1. The summed E-state index contributed by atoms with van der Waals surface area (Å²) in [4.78, 5) is 22.3. The third-order valence-corrected chi connectivity index (χ3v) is 3.74. The van der Waals surface area contributed by atoms with E-state index in [0.717, 1.165) is 18.6 Å². The molecule has 0 heterocycles. The Kier molecular flexibility index (Phi) is 5.33. The van der Waals surface area contributed by atoms with Crippen LogP contribution in [0.3, 0.4) is 0 Å². The maximum absolute atomic E-state index is 12.2. The Labute approximate surface area is 122 Å². The van der Waals surface area contributed by atoms with Crippen LogP contribution in [0.15, 0.2) is 12.1 Å². The fraction of sp³-hybridized carbons (Fsp3) is 0.462. The Balaban J connectivity index is 3.06. The summed E-state index contributed by atoms with van der Waals surface area (Å²) in [5.74, 6) is -0.171. The summed E-state index contributed by atoms with van der Waals surface area (Å²) in [6, 6.07) is 2.20. The number of nitrogens with two attached hydrogens (primary N) is 1. The van der Waals surface area contributed by atoms with Crippen molar-refractivity contribution >= 4 is 28.9 Å². The number of nitro groups is 1. The number of anilines is 1. The van der Waals surface area contributed by atoms with E-state index in [-0.39, 0.29) is 33.9 Å². The van der Waals surface area contributed by atoms with Crippen molar-refractivity contribution in [1.82, 2.24) is 5.32 Å².